The molecule has 9 heteroatoms. The highest BCUT2D eigenvalue weighted by atomic mass is 35.5. The minimum Gasteiger partial charge on any atom is -0.462 e. The number of hydrogen-bond donors (Lipinski definition) is 2. The van der Waals surface area contributed by atoms with Crippen molar-refractivity contribution < 1.29 is 33.6 Å². The van der Waals surface area contributed by atoms with Crippen LogP contribution in [-0.2, 0) is 19.0 Å². The second-order valence-corrected chi connectivity index (χ2v) is 9.73. The Balaban J connectivity index is 1.34. The van der Waals surface area contributed by atoms with Gasteiger partial charge in [0.25, 0.3) is 0 Å². The van der Waals surface area contributed by atoms with E-state index in [0.717, 1.165) is 5.56 Å². The van der Waals surface area contributed by atoms with Crippen LogP contribution in [0.15, 0.2) is 84.9 Å². The Hall–Kier alpha value is -3.53. The summed E-state index contributed by atoms with van der Waals surface area (Å²) in [6, 6.07) is 22.2. The number of hydrogen-bond acceptors (Lipinski definition) is 7. The molecule has 0 radical (unpaired) electrons. The summed E-state index contributed by atoms with van der Waals surface area (Å²) < 4.78 is 24.3. The predicted molar refractivity (Wildman–Crippen MR) is 144 cm³/mol. The number of ketones is 1. The van der Waals surface area contributed by atoms with Crippen LogP contribution in [0.25, 0.3) is 6.08 Å². The highest BCUT2D eigenvalue weighted by Gasteiger charge is 2.50. The van der Waals surface area contributed by atoms with Crippen LogP contribution in [0.5, 0.6) is 5.75 Å². The van der Waals surface area contributed by atoms with Crippen molar-refractivity contribution in [1.82, 2.24) is 5.32 Å². The van der Waals surface area contributed by atoms with Crippen LogP contribution < -0.4 is 10.1 Å². The van der Waals surface area contributed by atoms with E-state index < -0.39 is 36.9 Å². The molecule has 6 atom stereocenters. The molecular weight excluding hydrogens is 522 g/mol. The van der Waals surface area contributed by atoms with Crippen molar-refractivity contribution in [2.24, 2.45) is 0 Å². The molecule has 0 aromatic heterocycles. The molecule has 2 saturated heterocycles. The van der Waals surface area contributed by atoms with E-state index in [9.17, 15) is 14.7 Å². The standard InChI is InChI=1S/C30H28ClNO7/c1-18(33)32-26-27(35)28-25(17-36-29(39-28)21-8-3-2-4-9-21)38-30(26)37-24-10-6-5-7-20(24)13-16-23(34)19-11-14-22(31)15-12-19/h2-16,25-30,35H,17H2,1H3,(H,32,33)/b16-13+. The number of carbonyl (C=O) groups is 2. The first-order valence-corrected chi connectivity index (χ1v) is 12.9. The van der Waals surface area contributed by atoms with Crippen molar-refractivity contribution in [3.8, 4) is 5.75 Å². The van der Waals surface area contributed by atoms with Gasteiger partial charge in [0.15, 0.2) is 12.1 Å². The Morgan fingerprint density at radius 3 is 2.46 bits per heavy atom. The number of halogens is 1. The van der Waals surface area contributed by atoms with Gasteiger partial charge in [-0.2, -0.15) is 0 Å². The van der Waals surface area contributed by atoms with Crippen molar-refractivity contribution >= 4 is 29.4 Å². The number of benzene rings is 3. The first-order valence-electron chi connectivity index (χ1n) is 12.6. The third kappa shape index (κ3) is 6.38. The predicted octanol–water partition coefficient (Wildman–Crippen LogP) is 4.32. The molecule has 2 N–H and O–H groups in total. The summed E-state index contributed by atoms with van der Waals surface area (Å²) in [5.74, 6) is -0.152. The second kappa shape index (κ2) is 12.1. The molecule has 0 saturated carbocycles. The zero-order valence-electron chi connectivity index (χ0n) is 21.1. The molecule has 202 valence electrons. The third-order valence-corrected chi connectivity index (χ3v) is 6.76. The number of nitrogens with one attached hydrogen (secondary N) is 1. The van der Waals surface area contributed by atoms with Gasteiger partial charge in [-0.15, -0.1) is 0 Å². The molecule has 0 bridgehead atoms. The number of allylic oxidation sites excluding steroid dienone is 1. The number of rotatable bonds is 7. The zero-order valence-corrected chi connectivity index (χ0v) is 21.9. The molecule has 2 fully saturated rings. The van der Waals surface area contributed by atoms with Gasteiger partial charge < -0.3 is 29.4 Å². The second-order valence-electron chi connectivity index (χ2n) is 9.30. The average molecular weight is 550 g/mol. The van der Waals surface area contributed by atoms with E-state index >= 15 is 0 Å². The lowest BCUT2D eigenvalue weighted by molar-refractivity contribution is -0.333. The number of fused-ring (bicyclic) bond motifs is 1. The van der Waals surface area contributed by atoms with Gasteiger partial charge in [0.2, 0.25) is 12.2 Å². The molecule has 0 spiro atoms. The maximum absolute atomic E-state index is 12.6. The topological polar surface area (TPSA) is 103 Å². The maximum atomic E-state index is 12.6. The Kier molecular flexibility index (Phi) is 8.40. The van der Waals surface area contributed by atoms with E-state index in [1.165, 1.54) is 13.0 Å². The smallest absolute Gasteiger partial charge is 0.223 e. The first kappa shape index (κ1) is 27.1. The van der Waals surface area contributed by atoms with E-state index in [4.69, 9.17) is 30.5 Å². The van der Waals surface area contributed by atoms with Crippen LogP contribution in [0.1, 0.15) is 34.7 Å². The summed E-state index contributed by atoms with van der Waals surface area (Å²) in [5.41, 5.74) is 1.92. The van der Waals surface area contributed by atoms with Gasteiger partial charge in [0.1, 0.15) is 30.1 Å². The van der Waals surface area contributed by atoms with E-state index in [1.54, 1.807) is 48.5 Å². The number of carbonyl (C=O) groups excluding carboxylic acids is 2. The molecule has 3 aromatic rings. The number of aliphatic hydroxyl groups excluding tert-OH is 1. The molecule has 39 heavy (non-hydrogen) atoms. The summed E-state index contributed by atoms with van der Waals surface area (Å²) >= 11 is 5.92. The third-order valence-electron chi connectivity index (χ3n) is 6.51. The summed E-state index contributed by atoms with van der Waals surface area (Å²) in [4.78, 5) is 24.7. The van der Waals surface area contributed by atoms with Crippen molar-refractivity contribution in [2.45, 2.75) is 43.9 Å². The van der Waals surface area contributed by atoms with Gasteiger partial charge in [-0.25, -0.2) is 0 Å². The molecule has 8 nitrogen and oxygen atoms in total. The average Bonchev–Trinajstić information content (AvgIpc) is 2.95. The van der Waals surface area contributed by atoms with Crippen molar-refractivity contribution in [3.63, 3.8) is 0 Å². The van der Waals surface area contributed by atoms with Crippen molar-refractivity contribution in [2.75, 3.05) is 6.61 Å². The van der Waals surface area contributed by atoms with Gasteiger partial charge in [-0.1, -0.05) is 60.1 Å². The lowest BCUT2D eigenvalue weighted by Gasteiger charge is -2.47. The molecule has 6 unspecified atom stereocenters. The summed E-state index contributed by atoms with van der Waals surface area (Å²) in [6.07, 6.45) is -1.18. The molecule has 2 heterocycles. The van der Waals surface area contributed by atoms with Crippen molar-refractivity contribution in [3.05, 3.63) is 107 Å². The molecule has 2 aliphatic heterocycles. The van der Waals surface area contributed by atoms with E-state index in [2.05, 4.69) is 5.32 Å². The molecule has 0 aliphatic carbocycles. The highest BCUT2D eigenvalue weighted by molar-refractivity contribution is 6.30. The fourth-order valence-electron chi connectivity index (χ4n) is 4.59. The van der Waals surface area contributed by atoms with Crippen LogP contribution in [0, 0.1) is 0 Å². The van der Waals surface area contributed by atoms with Crippen LogP contribution in [0.3, 0.4) is 0 Å². The quantitative estimate of drug-likeness (QED) is 0.334. The van der Waals surface area contributed by atoms with Crippen LogP contribution in [0.4, 0.5) is 0 Å². The maximum Gasteiger partial charge on any atom is 0.223 e. The summed E-state index contributed by atoms with van der Waals surface area (Å²) in [7, 11) is 0. The van der Waals surface area contributed by atoms with Crippen LogP contribution in [-0.4, -0.2) is 54.0 Å². The van der Waals surface area contributed by atoms with Gasteiger partial charge in [-0.3, -0.25) is 9.59 Å². The first-order chi connectivity index (χ1) is 18.9. The summed E-state index contributed by atoms with van der Waals surface area (Å²) in [5, 5.41) is 14.6. The number of para-hydroxylation sites is 1. The Morgan fingerprint density at radius 1 is 1.00 bits per heavy atom. The molecule has 2 aliphatic rings. The van der Waals surface area contributed by atoms with Crippen LogP contribution >= 0.6 is 11.6 Å². The number of aliphatic hydroxyl groups is 1. The van der Waals surface area contributed by atoms with E-state index in [-0.39, 0.29) is 18.3 Å². The normalized spacial score (nSPS) is 26.5. The van der Waals surface area contributed by atoms with E-state index in [0.29, 0.717) is 21.9 Å². The lowest BCUT2D eigenvalue weighted by atomic mass is 9.95. The fourth-order valence-corrected chi connectivity index (χ4v) is 4.71. The monoisotopic (exact) mass is 549 g/mol. The molecular formula is C30H28ClNO7. The Labute approximate surface area is 231 Å². The molecule has 5 rings (SSSR count). The lowest BCUT2D eigenvalue weighted by Crippen LogP contribution is -2.67. The molecule has 3 aromatic carbocycles. The Bertz CT molecular complexity index is 1330. The molecule has 1 amide bonds. The van der Waals surface area contributed by atoms with E-state index in [1.807, 2.05) is 36.4 Å². The largest absolute Gasteiger partial charge is 0.462 e. The van der Waals surface area contributed by atoms with Crippen molar-refractivity contribution in [1.29, 1.82) is 0 Å². The van der Waals surface area contributed by atoms with Gasteiger partial charge in [-0.05, 0) is 42.5 Å². The minimum atomic E-state index is -1.14. The van der Waals surface area contributed by atoms with Crippen LogP contribution in [0.2, 0.25) is 5.02 Å². The number of ether oxygens (including phenoxy) is 4. The zero-order chi connectivity index (χ0) is 27.4. The highest BCUT2D eigenvalue weighted by Crippen LogP contribution is 2.35. The van der Waals surface area contributed by atoms with Gasteiger partial charge in [0, 0.05) is 28.6 Å². The SMILES string of the molecule is CC(=O)NC1C(Oc2ccccc2/C=C/C(=O)c2ccc(Cl)cc2)OC2COC(c3ccccc3)OC2C1O. The Morgan fingerprint density at radius 2 is 1.72 bits per heavy atom. The summed E-state index contributed by atoms with van der Waals surface area (Å²) in [6.45, 7) is 1.51. The minimum absolute atomic E-state index is 0.158. The number of amides is 1. The van der Waals surface area contributed by atoms with Gasteiger partial charge in [0.05, 0.1) is 6.61 Å². The fraction of sp³-hybridized carbons (Fsp3) is 0.267. The van der Waals surface area contributed by atoms with Gasteiger partial charge >= 0.3 is 0 Å².